The van der Waals surface area contributed by atoms with Crippen LogP contribution in [0.25, 0.3) is 0 Å². The maximum atomic E-state index is 13.0. The van der Waals surface area contributed by atoms with Crippen molar-refractivity contribution in [2.75, 3.05) is 25.1 Å². The Balaban J connectivity index is 1.80. The first-order valence-electron chi connectivity index (χ1n) is 8.91. The Morgan fingerprint density at radius 2 is 1.81 bits per heavy atom. The van der Waals surface area contributed by atoms with Crippen molar-refractivity contribution in [1.29, 1.82) is 0 Å². The summed E-state index contributed by atoms with van der Waals surface area (Å²) in [7, 11) is 1.59. The van der Waals surface area contributed by atoms with Crippen molar-refractivity contribution < 1.29 is 14.3 Å². The maximum absolute atomic E-state index is 13.0. The van der Waals surface area contributed by atoms with Crippen molar-refractivity contribution in [3.8, 4) is 5.75 Å². The fourth-order valence-corrected chi connectivity index (χ4v) is 3.36. The number of para-hydroxylation sites is 1. The van der Waals surface area contributed by atoms with Gasteiger partial charge in [0.05, 0.1) is 7.11 Å². The topological polar surface area (TPSA) is 49.9 Å². The van der Waals surface area contributed by atoms with E-state index in [4.69, 9.17) is 4.74 Å². The van der Waals surface area contributed by atoms with Crippen LogP contribution in [0.4, 0.5) is 5.69 Å². The summed E-state index contributed by atoms with van der Waals surface area (Å²) in [5.41, 5.74) is 2.65. The van der Waals surface area contributed by atoms with Crippen LogP contribution >= 0.6 is 0 Å². The number of aryl methyl sites for hydroxylation is 1. The Bertz CT molecular complexity index is 801. The van der Waals surface area contributed by atoms with Gasteiger partial charge in [0, 0.05) is 24.3 Å². The minimum atomic E-state index is -0.497. The van der Waals surface area contributed by atoms with Crippen LogP contribution in [-0.4, -0.2) is 43.0 Å². The Kier molecular flexibility index (Phi) is 5.26. The predicted octanol–water partition coefficient (Wildman–Crippen LogP) is 3.14. The van der Waals surface area contributed by atoms with Crippen LogP contribution in [-0.2, 0) is 11.2 Å². The third-order valence-electron chi connectivity index (χ3n) is 4.92. The van der Waals surface area contributed by atoms with Crippen molar-refractivity contribution in [3.05, 3.63) is 59.7 Å². The van der Waals surface area contributed by atoms with Crippen molar-refractivity contribution in [2.24, 2.45) is 0 Å². The zero-order valence-corrected chi connectivity index (χ0v) is 15.4. The fourth-order valence-electron chi connectivity index (χ4n) is 3.36. The molecule has 0 bridgehead atoms. The molecule has 5 heteroatoms. The summed E-state index contributed by atoms with van der Waals surface area (Å²) >= 11 is 0. The molecule has 1 aliphatic heterocycles. The van der Waals surface area contributed by atoms with E-state index in [0.29, 0.717) is 24.4 Å². The molecule has 1 aliphatic rings. The van der Waals surface area contributed by atoms with Gasteiger partial charge in [0.2, 0.25) is 5.91 Å². The molecule has 0 saturated carbocycles. The van der Waals surface area contributed by atoms with Gasteiger partial charge < -0.3 is 14.5 Å². The zero-order chi connectivity index (χ0) is 18.7. The summed E-state index contributed by atoms with van der Waals surface area (Å²) in [6.45, 7) is 4.89. The van der Waals surface area contributed by atoms with E-state index in [0.717, 1.165) is 17.7 Å². The number of hydrogen-bond donors (Lipinski definition) is 0. The number of benzene rings is 2. The second-order valence-corrected chi connectivity index (χ2v) is 6.38. The largest absolute Gasteiger partial charge is 0.497 e. The number of carbonyl (C=O) groups excluding carboxylic acids is 2. The highest BCUT2D eigenvalue weighted by atomic mass is 16.5. The van der Waals surface area contributed by atoms with Crippen molar-refractivity contribution >= 4 is 17.5 Å². The van der Waals surface area contributed by atoms with Gasteiger partial charge in [-0.05, 0) is 49.2 Å². The molecule has 5 nitrogen and oxygen atoms in total. The molecule has 26 heavy (non-hydrogen) atoms. The van der Waals surface area contributed by atoms with Gasteiger partial charge in [0.1, 0.15) is 11.8 Å². The summed E-state index contributed by atoms with van der Waals surface area (Å²) < 4.78 is 5.13. The second-order valence-electron chi connectivity index (χ2n) is 6.38. The fraction of sp³-hybridized carbons (Fsp3) is 0.333. The maximum Gasteiger partial charge on any atom is 0.254 e. The summed E-state index contributed by atoms with van der Waals surface area (Å²) in [5.74, 6) is 0.530. The standard InChI is InChI=1S/C21H24N2O3/c1-4-16-7-5-6-8-19(16)23-14-13-22(15(2)20(23)24)21(25)17-9-11-18(26-3)12-10-17/h5-12,15H,4,13-14H2,1-3H3/t15-/m0/s1. The van der Waals surface area contributed by atoms with Gasteiger partial charge in [-0.25, -0.2) is 0 Å². The third kappa shape index (κ3) is 3.29. The van der Waals surface area contributed by atoms with Gasteiger partial charge >= 0.3 is 0 Å². The second kappa shape index (κ2) is 7.60. The lowest BCUT2D eigenvalue weighted by Gasteiger charge is -2.39. The minimum absolute atomic E-state index is 0.0426. The molecule has 3 rings (SSSR count). The molecular formula is C21H24N2O3. The molecule has 0 radical (unpaired) electrons. The number of nitrogens with zero attached hydrogens (tertiary/aromatic N) is 2. The molecule has 136 valence electrons. The molecule has 0 aromatic heterocycles. The highest BCUT2D eigenvalue weighted by Crippen LogP contribution is 2.26. The summed E-state index contributed by atoms with van der Waals surface area (Å²) in [4.78, 5) is 29.2. The minimum Gasteiger partial charge on any atom is -0.497 e. The van der Waals surface area contributed by atoms with E-state index in [1.165, 1.54) is 0 Å². The van der Waals surface area contributed by atoms with Crippen LogP contribution in [0.5, 0.6) is 5.75 Å². The van der Waals surface area contributed by atoms with Crippen LogP contribution in [0.1, 0.15) is 29.8 Å². The average Bonchev–Trinajstić information content (AvgIpc) is 2.69. The number of carbonyl (C=O) groups is 2. The van der Waals surface area contributed by atoms with Crippen LogP contribution in [0.3, 0.4) is 0 Å². The summed E-state index contributed by atoms with van der Waals surface area (Å²) in [5, 5.41) is 0. The molecular weight excluding hydrogens is 328 g/mol. The number of piperazine rings is 1. The summed E-state index contributed by atoms with van der Waals surface area (Å²) in [6, 6.07) is 14.4. The Morgan fingerprint density at radius 1 is 1.12 bits per heavy atom. The smallest absolute Gasteiger partial charge is 0.254 e. The molecule has 1 atom stereocenters. The first kappa shape index (κ1) is 18.0. The van der Waals surface area contributed by atoms with E-state index in [2.05, 4.69) is 6.92 Å². The first-order chi connectivity index (χ1) is 12.6. The van der Waals surface area contributed by atoms with Crippen LogP contribution in [0, 0.1) is 0 Å². The first-order valence-corrected chi connectivity index (χ1v) is 8.91. The van der Waals surface area contributed by atoms with Gasteiger partial charge in [-0.1, -0.05) is 25.1 Å². The van der Waals surface area contributed by atoms with Crippen molar-refractivity contribution in [3.63, 3.8) is 0 Å². The van der Waals surface area contributed by atoms with E-state index in [-0.39, 0.29) is 11.8 Å². The number of methoxy groups -OCH3 is 1. The highest BCUT2D eigenvalue weighted by Gasteiger charge is 2.35. The number of hydrogen-bond acceptors (Lipinski definition) is 3. The molecule has 2 amide bonds. The molecule has 0 aliphatic carbocycles. The number of ether oxygens (including phenoxy) is 1. The van der Waals surface area contributed by atoms with E-state index >= 15 is 0 Å². The van der Waals surface area contributed by atoms with Gasteiger partial charge in [-0.2, -0.15) is 0 Å². The normalized spacial score (nSPS) is 17.3. The lowest BCUT2D eigenvalue weighted by molar-refractivity contribution is -0.124. The molecule has 1 saturated heterocycles. The SMILES string of the molecule is CCc1ccccc1N1CCN(C(=O)c2ccc(OC)cc2)[C@@H](C)C1=O. The van der Waals surface area contributed by atoms with Crippen LogP contribution in [0.2, 0.25) is 0 Å². The Morgan fingerprint density at radius 3 is 2.46 bits per heavy atom. The van der Waals surface area contributed by atoms with Crippen molar-refractivity contribution in [2.45, 2.75) is 26.3 Å². The number of amides is 2. The molecule has 0 spiro atoms. The molecule has 2 aromatic carbocycles. The monoisotopic (exact) mass is 352 g/mol. The Labute approximate surface area is 154 Å². The van der Waals surface area contributed by atoms with Crippen molar-refractivity contribution in [1.82, 2.24) is 4.90 Å². The van der Waals surface area contributed by atoms with E-state index in [1.54, 1.807) is 48.1 Å². The van der Waals surface area contributed by atoms with Crippen LogP contribution < -0.4 is 9.64 Å². The zero-order valence-electron chi connectivity index (χ0n) is 15.4. The average molecular weight is 352 g/mol. The van der Waals surface area contributed by atoms with Gasteiger partial charge in [0.25, 0.3) is 5.91 Å². The predicted molar refractivity (Wildman–Crippen MR) is 102 cm³/mol. The molecule has 1 fully saturated rings. The van der Waals surface area contributed by atoms with Crippen LogP contribution in [0.15, 0.2) is 48.5 Å². The van der Waals surface area contributed by atoms with Gasteiger partial charge in [-0.3, -0.25) is 9.59 Å². The van der Waals surface area contributed by atoms with E-state index in [9.17, 15) is 9.59 Å². The lowest BCUT2D eigenvalue weighted by atomic mass is 10.1. The lowest BCUT2D eigenvalue weighted by Crippen LogP contribution is -2.58. The molecule has 1 heterocycles. The Hall–Kier alpha value is -2.82. The molecule has 0 N–H and O–H groups in total. The molecule has 0 unspecified atom stereocenters. The quantitative estimate of drug-likeness (QED) is 0.849. The highest BCUT2D eigenvalue weighted by molar-refractivity contribution is 6.03. The summed E-state index contributed by atoms with van der Waals surface area (Å²) in [6.07, 6.45) is 0.864. The van der Waals surface area contributed by atoms with Gasteiger partial charge in [0.15, 0.2) is 0 Å². The van der Waals surface area contributed by atoms with E-state index in [1.807, 2.05) is 24.3 Å². The molecule has 2 aromatic rings. The van der Waals surface area contributed by atoms with E-state index < -0.39 is 6.04 Å². The number of anilines is 1. The third-order valence-corrected chi connectivity index (χ3v) is 4.92. The van der Waals surface area contributed by atoms with Gasteiger partial charge in [-0.15, -0.1) is 0 Å². The number of rotatable bonds is 4.